The Morgan fingerprint density at radius 2 is 1.74 bits per heavy atom. The minimum absolute atomic E-state index is 0.0240. The van der Waals surface area contributed by atoms with Crippen LogP contribution in [0.2, 0.25) is 0 Å². The quantitative estimate of drug-likeness (QED) is 0.229. The Labute approximate surface area is 255 Å². The molecule has 4 aliphatic carbocycles. The number of rotatable bonds is 8. The average molecular weight is 604 g/mol. The molecule has 5 aliphatic rings. The Hall–Kier alpha value is -2.46. The lowest BCUT2D eigenvalue weighted by molar-refractivity contribution is -0.205. The van der Waals surface area contributed by atoms with Crippen LogP contribution in [0.5, 0.6) is 0 Å². The van der Waals surface area contributed by atoms with Gasteiger partial charge in [-0.2, -0.15) is 0 Å². The fourth-order valence-corrected chi connectivity index (χ4v) is 9.95. The number of ether oxygens (including phenoxy) is 5. The topological polar surface area (TPSA) is 118 Å². The summed E-state index contributed by atoms with van der Waals surface area (Å²) in [5, 5.41) is 0. The predicted octanol–water partition coefficient (Wildman–Crippen LogP) is 4.19. The molecule has 10 heteroatoms. The van der Waals surface area contributed by atoms with Crippen LogP contribution in [-0.2, 0) is 42.9 Å². The molecule has 1 heterocycles. The van der Waals surface area contributed by atoms with Crippen LogP contribution in [0, 0.1) is 34.5 Å². The molecule has 0 bridgehead atoms. The molecule has 1 aliphatic heterocycles. The van der Waals surface area contributed by atoms with Crippen molar-refractivity contribution in [1.29, 1.82) is 0 Å². The van der Waals surface area contributed by atoms with Gasteiger partial charge in [-0.1, -0.05) is 18.6 Å². The molecule has 0 radical (unpaired) electrons. The summed E-state index contributed by atoms with van der Waals surface area (Å²) >= 11 is 0. The highest BCUT2D eigenvalue weighted by molar-refractivity contribution is 5.73. The molecule has 8 unspecified atom stereocenters. The largest absolute Gasteiger partial charge is 0.464 e. The van der Waals surface area contributed by atoms with E-state index in [1.54, 1.807) is 4.90 Å². The van der Waals surface area contributed by atoms with E-state index < -0.39 is 17.2 Å². The molecule has 0 aromatic heterocycles. The predicted molar refractivity (Wildman–Crippen MR) is 155 cm³/mol. The minimum Gasteiger partial charge on any atom is -0.464 e. The summed E-state index contributed by atoms with van der Waals surface area (Å²) in [7, 11) is 0. The Morgan fingerprint density at radius 3 is 2.37 bits per heavy atom. The Balaban J connectivity index is 1.54. The Kier molecular flexibility index (Phi) is 9.02. The highest BCUT2D eigenvalue weighted by atomic mass is 16.7. The van der Waals surface area contributed by atoms with Crippen molar-refractivity contribution in [3.8, 4) is 0 Å². The van der Waals surface area contributed by atoms with Gasteiger partial charge >= 0.3 is 17.9 Å². The smallest absolute Gasteiger partial charge is 0.302 e. The van der Waals surface area contributed by atoms with Gasteiger partial charge in [0, 0.05) is 64.3 Å². The zero-order chi connectivity index (χ0) is 31.2. The highest BCUT2D eigenvalue weighted by Gasteiger charge is 2.66. The van der Waals surface area contributed by atoms with E-state index >= 15 is 0 Å². The maximum absolute atomic E-state index is 13.0. The monoisotopic (exact) mass is 603 g/mol. The van der Waals surface area contributed by atoms with Gasteiger partial charge in [-0.3, -0.25) is 19.2 Å². The molecule has 8 atom stereocenters. The van der Waals surface area contributed by atoms with Gasteiger partial charge in [-0.05, 0) is 56.3 Å². The normalized spacial score (nSPS) is 36.4. The molecular formula is C33H49NO9. The lowest BCUT2D eigenvalue weighted by Crippen LogP contribution is -2.62. The van der Waals surface area contributed by atoms with Crippen molar-refractivity contribution < 1.29 is 42.9 Å². The minimum atomic E-state index is -0.546. The molecule has 0 aromatic carbocycles. The molecular weight excluding hydrogens is 554 g/mol. The van der Waals surface area contributed by atoms with Crippen LogP contribution < -0.4 is 0 Å². The number of carbonyl (C=O) groups excluding carboxylic acids is 4. The molecule has 4 fully saturated rings. The zero-order valence-corrected chi connectivity index (χ0v) is 26.6. The van der Waals surface area contributed by atoms with Crippen LogP contribution in [-0.4, -0.2) is 79.6 Å². The van der Waals surface area contributed by atoms with Gasteiger partial charge in [0.1, 0.15) is 18.8 Å². The summed E-state index contributed by atoms with van der Waals surface area (Å²) in [4.78, 5) is 51.1. The van der Waals surface area contributed by atoms with Gasteiger partial charge in [0.05, 0.1) is 19.8 Å². The zero-order valence-electron chi connectivity index (χ0n) is 26.6. The Bertz CT molecular complexity index is 1150. The standard InChI is InChI=1S/C33H49NO9/c1-20(42-23(4)37)27-9-10-28-26-8-7-25-17-33(40-15-16-41-33)12-11-31(25,6)30(26)29(43-24(5)38)18-32(27,28)19-34(21(2)35)13-14-39-22(3)36/h7,20,26-30H,8-19H2,1-6H3. The molecule has 1 spiro atoms. The van der Waals surface area contributed by atoms with Crippen molar-refractivity contribution in [3.63, 3.8) is 0 Å². The van der Waals surface area contributed by atoms with Crippen molar-refractivity contribution >= 4 is 23.8 Å². The first-order valence-electron chi connectivity index (χ1n) is 16.0. The van der Waals surface area contributed by atoms with E-state index in [4.69, 9.17) is 23.7 Å². The first-order valence-corrected chi connectivity index (χ1v) is 16.0. The van der Waals surface area contributed by atoms with Gasteiger partial charge in [0.15, 0.2) is 5.79 Å². The summed E-state index contributed by atoms with van der Waals surface area (Å²) in [5.74, 6) is -1.15. The molecule has 1 saturated heterocycles. The number of carbonyl (C=O) groups is 4. The summed E-state index contributed by atoms with van der Waals surface area (Å²) < 4.78 is 29.5. The fourth-order valence-electron chi connectivity index (χ4n) is 9.95. The van der Waals surface area contributed by atoms with E-state index in [9.17, 15) is 19.2 Å². The van der Waals surface area contributed by atoms with Gasteiger partial charge in [-0.15, -0.1) is 0 Å². The van der Waals surface area contributed by atoms with E-state index in [1.165, 1.54) is 33.3 Å². The molecule has 0 N–H and O–H groups in total. The van der Waals surface area contributed by atoms with Crippen LogP contribution in [0.3, 0.4) is 0 Å². The van der Waals surface area contributed by atoms with Crippen molar-refractivity contribution in [2.45, 2.75) is 104 Å². The summed E-state index contributed by atoms with van der Waals surface area (Å²) in [5.41, 5.74) is 0.708. The molecule has 3 saturated carbocycles. The van der Waals surface area contributed by atoms with E-state index in [0.29, 0.717) is 26.2 Å². The van der Waals surface area contributed by atoms with E-state index in [1.807, 2.05) is 6.92 Å². The number of nitrogens with zero attached hydrogens (tertiary/aromatic N) is 1. The van der Waals surface area contributed by atoms with E-state index in [0.717, 1.165) is 38.5 Å². The number of fused-ring (bicyclic) bond motifs is 5. The third-order valence-electron chi connectivity index (χ3n) is 11.5. The third kappa shape index (κ3) is 5.98. The maximum atomic E-state index is 13.0. The molecule has 43 heavy (non-hydrogen) atoms. The SMILES string of the molecule is CC(=O)OCCN(CC12CC(OC(C)=O)C3C(CC=C4CC5(CCC43C)OCCO5)C1CCC2C(C)OC(C)=O)C(C)=O. The second-order valence-electron chi connectivity index (χ2n) is 13.8. The van der Waals surface area contributed by atoms with Gasteiger partial charge in [0.25, 0.3) is 0 Å². The third-order valence-corrected chi connectivity index (χ3v) is 11.5. The van der Waals surface area contributed by atoms with Crippen LogP contribution in [0.25, 0.3) is 0 Å². The van der Waals surface area contributed by atoms with E-state index in [2.05, 4.69) is 13.0 Å². The number of hydrogen-bond donors (Lipinski definition) is 0. The summed E-state index contributed by atoms with van der Waals surface area (Å²) in [6, 6.07) is 0. The second kappa shape index (κ2) is 12.1. The molecule has 240 valence electrons. The molecule has 10 nitrogen and oxygen atoms in total. The number of amides is 1. The van der Waals surface area contributed by atoms with Crippen molar-refractivity contribution in [1.82, 2.24) is 4.90 Å². The van der Waals surface area contributed by atoms with Crippen LogP contribution in [0.4, 0.5) is 0 Å². The number of allylic oxidation sites excluding steroid dienone is 1. The van der Waals surface area contributed by atoms with Crippen LogP contribution in [0.1, 0.15) is 86.5 Å². The van der Waals surface area contributed by atoms with E-state index in [-0.39, 0.29) is 72.3 Å². The summed E-state index contributed by atoms with van der Waals surface area (Å²) in [6.45, 7) is 12.1. The van der Waals surface area contributed by atoms with Gasteiger partial charge in [-0.25, -0.2) is 0 Å². The second-order valence-corrected chi connectivity index (χ2v) is 13.8. The molecule has 1 amide bonds. The molecule has 5 rings (SSSR count). The first-order chi connectivity index (χ1) is 20.3. The number of esters is 3. The fraction of sp³-hybridized carbons (Fsp3) is 0.818. The van der Waals surface area contributed by atoms with Crippen molar-refractivity contribution in [2.24, 2.45) is 34.5 Å². The molecule has 0 aromatic rings. The average Bonchev–Trinajstić information content (AvgIpc) is 3.52. The maximum Gasteiger partial charge on any atom is 0.302 e. The highest BCUT2D eigenvalue weighted by Crippen LogP contribution is 2.68. The van der Waals surface area contributed by atoms with Crippen LogP contribution in [0.15, 0.2) is 11.6 Å². The van der Waals surface area contributed by atoms with Crippen molar-refractivity contribution in [2.75, 3.05) is 32.9 Å². The lowest BCUT2D eigenvalue weighted by atomic mass is 9.45. The number of hydrogen-bond acceptors (Lipinski definition) is 9. The first kappa shape index (κ1) is 31.9. The van der Waals surface area contributed by atoms with Crippen LogP contribution >= 0.6 is 0 Å². The Morgan fingerprint density at radius 1 is 1.02 bits per heavy atom. The van der Waals surface area contributed by atoms with Crippen molar-refractivity contribution in [3.05, 3.63) is 11.6 Å². The van der Waals surface area contributed by atoms with Gasteiger partial charge < -0.3 is 28.6 Å². The summed E-state index contributed by atoms with van der Waals surface area (Å²) in [6.07, 6.45) is 7.29. The lowest BCUT2D eigenvalue weighted by Gasteiger charge is -2.62. The van der Waals surface area contributed by atoms with Gasteiger partial charge in [0.2, 0.25) is 5.91 Å².